The van der Waals surface area contributed by atoms with Crippen molar-refractivity contribution in [2.75, 3.05) is 25.2 Å². The Morgan fingerprint density at radius 3 is 2.78 bits per heavy atom. The zero-order valence-corrected chi connectivity index (χ0v) is 11.9. The SMILES string of the molecule is COC1(C(=O)C2CCOC3(CCSC3)C2)CCC1. The molecule has 0 aromatic carbocycles. The predicted octanol–water partition coefficient (Wildman–Crippen LogP) is 2.43. The van der Waals surface area contributed by atoms with Gasteiger partial charge in [-0.15, -0.1) is 0 Å². The van der Waals surface area contributed by atoms with Gasteiger partial charge in [-0.25, -0.2) is 0 Å². The first-order chi connectivity index (χ1) is 8.70. The Bertz CT molecular complexity index is 326. The van der Waals surface area contributed by atoms with Crippen molar-refractivity contribution < 1.29 is 14.3 Å². The summed E-state index contributed by atoms with van der Waals surface area (Å²) in [5.41, 5.74) is -0.434. The summed E-state index contributed by atoms with van der Waals surface area (Å²) >= 11 is 1.96. The lowest BCUT2D eigenvalue weighted by atomic mass is 9.69. The van der Waals surface area contributed by atoms with Crippen LogP contribution in [0.5, 0.6) is 0 Å². The van der Waals surface area contributed by atoms with Gasteiger partial charge in [0, 0.05) is 25.4 Å². The number of hydrogen-bond donors (Lipinski definition) is 0. The van der Waals surface area contributed by atoms with Gasteiger partial charge in [-0.1, -0.05) is 0 Å². The standard InChI is InChI=1S/C14H22O3S/c1-16-14(4-2-5-14)12(15)11-3-7-17-13(9-11)6-8-18-10-13/h11H,2-10H2,1H3. The van der Waals surface area contributed by atoms with Crippen molar-refractivity contribution in [3.8, 4) is 0 Å². The molecule has 3 aliphatic rings. The third-order valence-electron chi connectivity index (χ3n) is 4.93. The number of hydrogen-bond acceptors (Lipinski definition) is 4. The zero-order valence-electron chi connectivity index (χ0n) is 11.1. The van der Waals surface area contributed by atoms with Crippen LogP contribution in [0.2, 0.25) is 0 Å². The summed E-state index contributed by atoms with van der Waals surface area (Å²) in [6, 6.07) is 0. The van der Waals surface area contributed by atoms with E-state index >= 15 is 0 Å². The monoisotopic (exact) mass is 270 g/mol. The summed E-state index contributed by atoms with van der Waals surface area (Å²) in [7, 11) is 1.69. The Labute approximate surface area is 113 Å². The third kappa shape index (κ3) is 2.02. The molecule has 2 unspecified atom stereocenters. The lowest BCUT2D eigenvalue weighted by molar-refractivity contribution is -0.164. The van der Waals surface area contributed by atoms with E-state index in [-0.39, 0.29) is 11.5 Å². The highest BCUT2D eigenvalue weighted by Crippen LogP contribution is 2.45. The number of thioether (sulfide) groups is 1. The molecule has 2 heterocycles. The zero-order chi connectivity index (χ0) is 12.6. The van der Waals surface area contributed by atoms with E-state index in [4.69, 9.17) is 9.47 Å². The van der Waals surface area contributed by atoms with Gasteiger partial charge in [0.05, 0.1) is 5.60 Å². The molecule has 0 amide bonds. The van der Waals surface area contributed by atoms with E-state index in [2.05, 4.69) is 0 Å². The van der Waals surface area contributed by atoms with Crippen molar-refractivity contribution in [1.29, 1.82) is 0 Å². The van der Waals surface area contributed by atoms with Crippen molar-refractivity contribution in [2.24, 2.45) is 5.92 Å². The molecule has 102 valence electrons. The summed E-state index contributed by atoms with van der Waals surface area (Å²) in [5.74, 6) is 2.76. The van der Waals surface area contributed by atoms with E-state index in [1.54, 1.807) is 7.11 Å². The van der Waals surface area contributed by atoms with Crippen LogP contribution in [0, 0.1) is 5.92 Å². The Hall–Kier alpha value is -0.0600. The first-order valence-corrected chi connectivity index (χ1v) is 8.16. The van der Waals surface area contributed by atoms with E-state index in [1.807, 2.05) is 11.8 Å². The summed E-state index contributed by atoms with van der Waals surface area (Å²) in [5, 5.41) is 0. The minimum absolute atomic E-state index is 0.00191. The molecule has 0 N–H and O–H groups in total. The number of methoxy groups -OCH3 is 1. The Kier molecular flexibility index (Phi) is 3.45. The van der Waals surface area contributed by atoms with Crippen LogP contribution < -0.4 is 0 Å². The first-order valence-electron chi connectivity index (χ1n) is 7.01. The Morgan fingerprint density at radius 2 is 2.22 bits per heavy atom. The molecule has 3 rings (SSSR count). The molecule has 4 heteroatoms. The molecule has 2 aliphatic heterocycles. The molecule has 2 saturated heterocycles. The van der Waals surface area contributed by atoms with E-state index in [0.29, 0.717) is 5.78 Å². The Morgan fingerprint density at radius 1 is 1.39 bits per heavy atom. The van der Waals surface area contributed by atoms with Gasteiger partial charge in [0.15, 0.2) is 5.78 Å². The van der Waals surface area contributed by atoms with Gasteiger partial charge >= 0.3 is 0 Å². The highest BCUT2D eigenvalue weighted by molar-refractivity contribution is 7.99. The molecule has 0 radical (unpaired) electrons. The van der Waals surface area contributed by atoms with Gasteiger partial charge in [-0.3, -0.25) is 4.79 Å². The molecule has 1 spiro atoms. The van der Waals surface area contributed by atoms with Crippen molar-refractivity contribution in [2.45, 2.75) is 49.7 Å². The number of ether oxygens (including phenoxy) is 2. The van der Waals surface area contributed by atoms with Crippen molar-refractivity contribution in [3.63, 3.8) is 0 Å². The van der Waals surface area contributed by atoms with Crippen molar-refractivity contribution >= 4 is 17.5 Å². The fraction of sp³-hybridized carbons (Fsp3) is 0.929. The number of carbonyl (C=O) groups excluding carboxylic acids is 1. The molecule has 0 bridgehead atoms. The van der Waals surface area contributed by atoms with Crippen LogP contribution >= 0.6 is 11.8 Å². The smallest absolute Gasteiger partial charge is 0.167 e. The van der Waals surface area contributed by atoms with Crippen LogP contribution in [0.4, 0.5) is 0 Å². The fourth-order valence-corrected chi connectivity index (χ4v) is 4.91. The maximum absolute atomic E-state index is 12.7. The largest absolute Gasteiger partial charge is 0.374 e. The molecule has 2 atom stereocenters. The average Bonchev–Trinajstić information content (AvgIpc) is 2.76. The lowest BCUT2D eigenvalue weighted by Gasteiger charge is -2.44. The second-order valence-corrected chi connectivity index (χ2v) is 7.05. The highest BCUT2D eigenvalue weighted by atomic mass is 32.2. The van der Waals surface area contributed by atoms with E-state index in [0.717, 1.165) is 50.9 Å². The molecular formula is C14H22O3S. The maximum Gasteiger partial charge on any atom is 0.167 e. The number of Topliss-reactive ketones (excluding diaryl/α,β-unsaturated/α-hetero) is 1. The summed E-state index contributed by atoms with van der Waals surface area (Å²) < 4.78 is 11.5. The molecule has 0 aromatic heterocycles. The quantitative estimate of drug-likeness (QED) is 0.789. The van der Waals surface area contributed by atoms with Crippen LogP contribution in [-0.4, -0.2) is 42.2 Å². The molecule has 3 fully saturated rings. The van der Waals surface area contributed by atoms with E-state index in [1.165, 1.54) is 5.75 Å². The molecule has 1 aliphatic carbocycles. The summed E-state index contributed by atoms with van der Waals surface area (Å²) in [4.78, 5) is 12.7. The van der Waals surface area contributed by atoms with Gasteiger partial charge in [0.1, 0.15) is 5.60 Å². The molecular weight excluding hydrogens is 248 g/mol. The van der Waals surface area contributed by atoms with Crippen LogP contribution in [0.3, 0.4) is 0 Å². The molecule has 1 saturated carbocycles. The minimum atomic E-state index is -0.436. The maximum atomic E-state index is 12.7. The fourth-order valence-electron chi connectivity index (χ4n) is 3.54. The van der Waals surface area contributed by atoms with Crippen molar-refractivity contribution in [3.05, 3.63) is 0 Å². The van der Waals surface area contributed by atoms with Gasteiger partial charge < -0.3 is 9.47 Å². The average molecular weight is 270 g/mol. The van der Waals surface area contributed by atoms with Crippen LogP contribution in [0.1, 0.15) is 38.5 Å². The first kappa shape index (κ1) is 12.9. The highest BCUT2D eigenvalue weighted by Gasteiger charge is 2.50. The molecule has 18 heavy (non-hydrogen) atoms. The minimum Gasteiger partial charge on any atom is -0.374 e. The molecule has 0 aromatic rings. The van der Waals surface area contributed by atoms with Crippen LogP contribution in [-0.2, 0) is 14.3 Å². The second kappa shape index (κ2) is 4.80. The predicted molar refractivity (Wildman–Crippen MR) is 71.9 cm³/mol. The number of carbonyl (C=O) groups is 1. The summed E-state index contributed by atoms with van der Waals surface area (Å²) in [6.45, 7) is 0.747. The van der Waals surface area contributed by atoms with E-state index in [9.17, 15) is 4.79 Å². The van der Waals surface area contributed by atoms with Gasteiger partial charge in [0.2, 0.25) is 0 Å². The number of ketones is 1. The van der Waals surface area contributed by atoms with Gasteiger partial charge in [0.25, 0.3) is 0 Å². The topological polar surface area (TPSA) is 35.5 Å². The molecule has 3 nitrogen and oxygen atoms in total. The second-order valence-electron chi connectivity index (χ2n) is 5.94. The van der Waals surface area contributed by atoms with Gasteiger partial charge in [-0.05, 0) is 44.3 Å². The summed E-state index contributed by atoms with van der Waals surface area (Å²) in [6.07, 6.45) is 5.88. The van der Waals surface area contributed by atoms with Crippen LogP contribution in [0.15, 0.2) is 0 Å². The number of rotatable bonds is 3. The lowest BCUT2D eigenvalue weighted by Crippen LogP contribution is -2.53. The van der Waals surface area contributed by atoms with E-state index < -0.39 is 5.60 Å². The third-order valence-corrected chi connectivity index (χ3v) is 6.15. The normalized spacial score (nSPS) is 38.6. The van der Waals surface area contributed by atoms with Crippen molar-refractivity contribution in [1.82, 2.24) is 0 Å². The van der Waals surface area contributed by atoms with Crippen LogP contribution in [0.25, 0.3) is 0 Å². The van der Waals surface area contributed by atoms with Gasteiger partial charge in [-0.2, -0.15) is 11.8 Å². The Balaban J connectivity index is 1.70.